The van der Waals surface area contributed by atoms with Gasteiger partial charge in [0.1, 0.15) is 0 Å². The fraction of sp³-hybridized carbons (Fsp3) is 0.370. The van der Waals surface area contributed by atoms with Gasteiger partial charge in [0, 0.05) is 50.9 Å². The van der Waals surface area contributed by atoms with Gasteiger partial charge in [-0.15, -0.1) is 11.8 Å². The minimum atomic E-state index is -0.156. The second-order valence-electron chi connectivity index (χ2n) is 19.5. The summed E-state index contributed by atoms with van der Waals surface area (Å²) in [6.07, 6.45) is 12.2. The van der Waals surface area contributed by atoms with E-state index in [1.807, 2.05) is 23.5 Å². The monoisotopic (exact) mass is 810 g/mol. The molecule has 5 aromatic rings. The lowest BCUT2D eigenvalue weighted by Gasteiger charge is -2.46. The Balaban J connectivity index is 1.30. The average Bonchev–Trinajstić information content (AvgIpc) is 3.24. The zero-order valence-electron chi connectivity index (χ0n) is 36.4. The number of allylic oxidation sites excluding steroid dienone is 3. The molecule has 0 spiro atoms. The Bertz CT molecular complexity index is 2540. The van der Waals surface area contributed by atoms with Gasteiger partial charge in [-0.25, -0.2) is 0 Å². The van der Waals surface area contributed by atoms with E-state index in [4.69, 9.17) is 0 Å². The number of thioether (sulfide) groups is 2. The molecule has 2 aliphatic carbocycles. The molecule has 3 heterocycles. The topological polar surface area (TPSA) is 6.48 Å². The van der Waals surface area contributed by atoms with Crippen LogP contribution in [-0.4, -0.2) is 13.0 Å². The summed E-state index contributed by atoms with van der Waals surface area (Å²) in [5, 5.41) is 2.59. The number of rotatable bonds is 8. The second kappa shape index (κ2) is 14.8. The fourth-order valence-electron chi connectivity index (χ4n) is 11.6. The van der Waals surface area contributed by atoms with E-state index in [0.29, 0.717) is 11.8 Å². The summed E-state index contributed by atoms with van der Waals surface area (Å²) in [6.45, 7) is 17.2. The van der Waals surface area contributed by atoms with Gasteiger partial charge < -0.3 is 9.80 Å². The van der Waals surface area contributed by atoms with Gasteiger partial charge in [0.2, 0.25) is 6.71 Å². The van der Waals surface area contributed by atoms with Crippen LogP contribution in [-0.2, 0) is 11.8 Å². The molecule has 0 amide bonds. The predicted molar refractivity (Wildman–Crippen MR) is 260 cm³/mol. The van der Waals surface area contributed by atoms with E-state index in [0.717, 1.165) is 6.42 Å². The van der Waals surface area contributed by atoms with E-state index in [9.17, 15) is 0 Å². The third-order valence-corrected chi connectivity index (χ3v) is 16.4. The maximum absolute atomic E-state index is 2.75. The molecule has 1 fully saturated rings. The Morgan fingerprint density at radius 1 is 0.797 bits per heavy atom. The van der Waals surface area contributed by atoms with Crippen LogP contribution in [0.25, 0.3) is 0 Å². The van der Waals surface area contributed by atoms with Crippen LogP contribution in [0.3, 0.4) is 0 Å². The number of nitrogens with zero attached hydrogens (tertiary/aromatic N) is 2. The molecule has 5 aromatic carbocycles. The molecule has 5 aliphatic rings. The van der Waals surface area contributed by atoms with Crippen molar-refractivity contribution in [1.82, 2.24) is 0 Å². The van der Waals surface area contributed by atoms with E-state index in [2.05, 4.69) is 167 Å². The highest BCUT2D eigenvalue weighted by Gasteiger charge is 2.46. The molecular weight excluding hydrogens is 752 g/mol. The number of hydrogen-bond acceptors (Lipinski definition) is 4. The molecule has 0 N–H and O–H groups in total. The van der Waals surface area contributed by atoms with Gasteiger partial charge >= 0.3 is 0 Å². The Hall–Kier alpha value is -4.06. The summed E-state index contributed by atoms with van der Waals surface area (Å²) in [6, 6.07) is 38.2. The van der Waals surface area contributed by atoms with Gasteiger partial charge in [-0.3, -0.25) is 0 Å². The average molecular weight is 811 g/mol. The van der Waals surface area contributed by atoms with Crippen molar-refractivity contribution in [2.75, 3.05) is 16.1 Å². The molecule has 0 aromatic heterocycles. The molecule has 0 radical (unpaired) electrons. The molecule has 0 unspecified atom stereocenters. The standard InChI is InChI=1S/C54H59BN2S2/c1-34(2)27-28-53(4,5)51(35(3)58-8)45-33-59-50-30-37(36-17-11-9-12-18-36)29-49-52(50)55(45)44-26-25-39-31-48(44)57(49)47-24-16-22-43-41(47)32-40-42(54(43,6)7)21-15-23-46(40)56(39)38-19-13-10-14-20-38/h10,13-16,19-26,29-31,33-34,36H,9,11-12,17-18,27-28,32H2,1-8H3/b51-35+. The number of para-hydroxylation sites is 1. The van der Waals surface area contributed by atoms with Gasteiger partial charge in [0.15, 0.2) is 0 Å². The first kappa shape index (κ1) is 39.1. The van der Waals surface area contributed by atoms with Crippen LogP contribution in [0.4, 0.5) is 34.1 Å². The van der Waals surface area contributed by atoms with Crippen molar-refractivity contribution in [3.8, 4) is 0 Å². The summed E-state index contributed by atoms with van der Waals surface area (Å²) in [5.41, 5.74) is 20.9. The maximum Gasteiger partial charge on any atom is 0.249 e. The van der Waals surface area contributed by atoms with Crippen molar-refractivity contribution >= 4 is 75.3 Å². The molecule has 300 valence electrons. The molecule has 5 heteroatoms. The summed E-state index contributed by atoms with van der Waals surface area (Å²) >= 11 is 3.93. The quantitative estimate of drug-likeness (QED) is 0.141. The third-order valence-electron chi connectivity index (χ3n) is 14.7. The summed E-state index contributed by atoms with van der Waals surface area (Å²) in [5.74, 6) is 1.28. The summed E-state index contributed by atoms with van der Waals surface area (Å²) < 4.78 is 0. The lowest BCUT2D eigenvalue weighted by Crippen LogP contribution is -2.54. The Morgan fingerprint density at radius 3 is 2.17 bits per heavy atom. The first-order valence-corrected chi connectivity index (χ1v) is 24.4. The number of anilines is 6. The van der Waals surface area contributed by atoms with Gasteiger partial charge in [-0.2, -0.15) is 0 Å². The van der Waals surface area contributed by atoms with Crippen molar-refractivity contribution in [1.29, 1.82) is 0 Å². The molecule has 3 aliphatic heterocycles. The summed E-state index contributed by atoms with van der Waals surface area (Å²) in [7, 11) is 0. The van der Waals surface area contributed by atoms with Crippen LogP contribution in [0, 0.1) is 11.3 Å². The normalized spacial score (nSPS) is 18.1. The van der Waals surface area contributed by atoms with E-state index in [1.54, 1.807) is 5.57 Å². The molecule has 4 bridgehead atoms. The summed E-state index contributed by atoms with van der Waals surface area (Å²) in [4.78, 5) is 8.20. The first-order chi connectivity index (χ1) is 28.5. The highest BCUT2D eigenvalue weighted by Crippen LogP contribution is 2.55. The molecule has 10 rings (SSSR count). The zero-order chi connectivity index (χ0) is 40.8. The smallest absolute Gasteiger partial charge is 0.249 e. The number of hydrogen-bond donors (Lipinski definition) is 0. The van der Waals surface area contributed by atoms with Gasteiger partial charge in [-0.05, 0) is 153 Å². The second-order valence-corrected chi connectivity index (χ2v) is 21.5. The van der Waals surface area contributed by atoms with E-state index >= 15 is 0 Å². The highest BCUT2D eigenvalue weighted by atomic mass is 32.2. The molecule has 0 atom stereocenters. The lowest BCUT2D eigenvalue weighted by atomic mass is 9.32. The zero-order valence-corrected chi connectivity index (χ0v) is 38.0. The lowest BCUT2D eigenvalue weighted by molar-refractivity contribution is 0.366. The maximum atomic E-state index is 2.75. The van der Waals surface area contributed by atoms with Crippen molar-refractivity contribution in [2.45, 2.75) is 116 Å². The largest absolute Gasteiger partial charge is 0.311 e. The molecule has 0 saturated heterocycles. The highest BCUT2D eigenvalue weighted by molar-refractivity contribution is 8.03. The van der Waals surface area contributed by atoms with Crippen LogP contribution >= 0.6 is 23.5 Å². The SMILES string of the molecule is CS/C(C)=C(\C1=CSc2cc(C3CCCCC3)cc3c2B1c1ccc2cc1N3c1cccc3c1Cc1c(cccc1C3(C)C)N2c1ccccc1)C(C)(C)CCC(C)C. The Kier molecular flexibility index (Phi) is 9.84. The van der Waals surface area contributed by atoms with Gasteiger partial charge in [-0.1, -0.05) is 133 Å². The van der Waals surface area contributed by atoms with Crippen LogP contribution in [0.15, 0.2) is 123 Å². The Labute approximate surface area is 363 Å². The van der Waals surface area contributed by atoms with Crippen molar-refractivity contribution in [2.24, 2.45) is 11.3 Å². The molecule has 59 heavy (non-hydrogen) atoms. The van der Waals surface area contributed by atoms with Crippen LogP contribution in [0.5, 0.6) is 0 Å². The van der Waals surface area contributed by atoms with Crippen molar-refractivity contribution < 1.29 is 0 Å². The first-order valence-electron chi connectivity index (χ1n) is 22.3. The Morgan fingerprint density at radius 2 is 1.49 bits per heavy atom. The van der Waals surface area contributed by atoms with Crippen molar-refractivity contribution in [3.05, 3.63) is 146 Å². The molecule has 2 nitrogen and oxygen atoms in total. The van der Waals surface area contributed by atoms with E-state index in [1.165, 1.54) is 133 Å². The van der Waals surface area contributed by atoms with E-state index in [-0.39, 0.29) is 17.5 Å². The minimum absolute atomic E-state index is 0.0249. The number of fused-ring (bicyclic) bond motifs is 4. The van der Waals surface area contributed by atoms with Crippen LogP contribution < -0.4 is 20.7 Å². The minimum Gasteiger partial charge on any atom is -0.311 e. The fourth-order valence-corrected chi connectivity index (χ4v) is 13.3. The predicted octanol–water partition coefficient (Wildman–Crippen LogP) is 14.8. The number of benzene rings is 5. The molecular formula is C54H59BN2S2. The van der Waals surface area contributed by atoms with Crippen LogP contribution in [0.2, 0.25) is 0 Å². The van der Waals surface area contributed by atoms with Gasteiger partial charge in [0.05, 0.1) is 0 Å². The van der Waals surface area contributed by atoms with Gasteiger partial charge in [0.25, 0.3) is 0 Å². The van der Waals surface area contributed by atoms with Crippen molar-refractivity contribution in [3.63, 3.8) is 0 Å². The van der Waals surface area contributed by atoms with Crippen LogP contribution in [0.1, 0.15) is 127 Å². The molecule has 1 saturated carbocycles. The third kappa shape index (κ3) is 6.30. The van der Waals surface area contributed by atoms with E-state index < -0.39 is 0 Å².